The first-order chi connectivity index (χ1) is 17.5. The highest BCUT2D eigenvalue weighted by Crippen LogP contribution is 2.27. The maximum Gasteiger partial charge on any atom is 0.261 e. The van der Waals surface area contributed by atoms with Crippen LogP contribution in [0.2, 0.25) is 10.0 Å². The largest absolute Gasteiger partial charge is 0.483 e. The second-order valence-corrected chi connectivity index (χ2v) is 10.1. The van der Waals surface area contributed by atoms with E-state index in [4.69, 9.17) is 27.9 Å². The van der Waals surface area contributed by atoms with Gasteiger partial charge in [-0.05, 0) is 48.4 Å². The number of nitrogens with zero attached hydrogens (tertiary/aromatic N) is 1. The van der Waals surface area contributed by atoms with E-state index in [9.17, 15) is 9.59 Å². The molecule has 36 heavy (non-hydrogen) atoms. The summed E-state index contributed by atoms with van der Waals surface area (Å²) in [4.78, 5) is 28.5. The molecule has 0 spiro atoms. The fourth-order valence-corrected chi connectivity index (χ4v) is 5.31. The van der Waals surface area contributed by atoms with Crippen molar-refractivity contribution in [2.45, 2.75) is 64.1 Å². The van der Waals surface area contributed by atoms with Crippen LogP contribution in [-0.4, -0.2) is 35.4 Å². The summed E-state index contributed by atoms with van der Waals surface area (Å²) >= 11 is 12.5. The number of halogens is 2. The molecule has 1 N–H and O–H groups in total. The van der Waals surface area contributed by atoms with Crippen LogP contribution in [0.5, 0.6) is 5.75 Å². The summed E-state index contributed by atoms with van der Waals surface area (Å²) in [5, 5.41) is 6.12. The lowest BCUT2D eigenvalue weighted by Crippen LogP contribution is -2.52. The Hall–Kier alpha value is -2.76. The van der Waals surface area contributed by atoms with E-state index >= 15 is 0 Å². The van der Waals surface area contributed by atoms with Gasteiger partial charge in [-0.2, -0.15) is 0 Å². The number of ether oxygens (including phenoxy) is 1. The second kappa shape index (κ2) is 12.5. The Labute approximate surface area is 222 Å². The van der Waals surface area contributed by atoms with E-state index in [2.05, 4.69) is 5.32 Å². The van der Waals surface area contributed by atoms with Crippen LogP contribution in [0.25, 0.3) is 10.8 Å². The lowest BCUT2D eigenvalue weighted by Gasteiger charge is -2.33. The normalized spacial score (nSPS) is 14.9. The number of hydrogen-bond acceptors (Lipinski definition) is 3. The summed E-state index contributed by atoms with van der Waals surface area (Å²) in [6.45, 7) is 1.91. The Morgan fingerprint density at radius 2 is 1.78 bits per heavy atom. The molecule has 3 aromatic rings. The zero-order chi connectivity index (χ0) is 25.5. The Morgan fingerprint density at radius 3 is 2.53 bits per heavy atom. The van der Waals surface area contributed by atoms with Gasteiger partial charge in [0.2, 0.25) is 5.91 Å². The molecule has 0 aliphatic heterocycles. The summed E-state index contributed by atoms with van der Waals surface area (Å²) in [5.74, 6) is 0.221. The first-order valence-electron chi connectivity index (χ1n) is 12.6. The molecule has 1 saturated carbocycles. The summed E-state index contributed by atoms with van der Waals surface area (Å²) < 4.78 is 6.00. The average Bonchev–Trinajstić information content (AvgIpc) is 2.89. The van der Waals surface area contributed by atoms with Crippen molar-refractivity contribution in [3.63, 3.8) is 0 Å². The Bertz CT molecular complexity index is 1200. The van der Waals surface area contributed by atoms with Crippen LogP contribution in [0.4, 0.5) is 0 Å². The number of fused-ring (bicyclic) bond motifs is 1. The summed E-state index contributed by atoms with van der Waals surface area (Å²) in [6.07, 6.45) is 5.86. The van der Waals surface area contributed by atoms with Gasteiger partial charge < -0.3 is 15.0 Å². The number of hydrogen-bond donors (Lipinski definition) is 1. The van der Waals surface area contributed by atoms with Crippen LogP contribution in [0.3, 0.4) is 0 Å². The van der Waals surface area contributed by atoms with Crippen molar-refractivity contribution < 1.29 is 14.3 Å². The van der Waals surface area contributed by atoms with Crippen LogP contribution in [-0.2, 0) is 16.1 Å². The van der Waals surface area contributed by atoms with E-state index in [0.717, 1.165) is 42.0 Å². The van der Waals surface area contributed by atoms with Crippen molar-refractivity contribution in [1.82, 2.24) is 10.2 Å². The second-order valence-electron chi connectivity index (χ2n) is 9.29. The van der Waals surface area contributed by atoms with Gasteiger partial charge in [-0.25, -0.2) is 0 Å². The smallest absolute Gasteiger partial charge is 0.261 e. The minimum atomic E-state index is -0.637. The standard InChI is InChI=1S/C29H32Cl2N2O3/c1-2-26(29(35)32-23-11-4-3-5-12-23)33(18-21-15-16-22(30)17-25(21)31)28(34)19-36-27-14-8-10-20-9-6-7-13-24(20)27/h6-10,13-17,23,26H,2-5,11-12,18-19H2,1H3,(H,32,35)/t26-/m1/s1. The molecular weight excluding hydrogens is 495 g/mol. The van der Waals surface area contributed by atoms with Crippen molar-refractivity contribution in [2.75, 3.05) is 6.61 Å². The van der Waals surface area contributed by atoms with E-state index in [1.165, 1.54) is 6.42 Å². The first kappa shape index (κ1) is 26.3. The van der Waals surface area contributed by atoms with E-state index in [1.807, 2.05) is 49.4 Å². The molecule has 1 aliphatic rings. The topological polar surface area (TPSA) is 58.6 Å². The van der Waals surface area contributed by atoms with Gasteiger partial charge >= 0.3 is 0 Å². The summed E-state index contributed by atoms with van der Waals surface area (Å²) in [5.41, 5.74) is 0.725. The zero-order valence-electron chi connectivity index (χ0n) is 20.5. The lowest BCUT2D eigenvalue weighted by atomic mass is 9.95. The lowest BCUT2D eigenvalue weighted by molar-refractivity contribution is -0.143. The van der Waals surface area contributed by atoms with Gasteiger partial charge in [0.15, 0.2) is 6.61 Å². The molecule has 0 unspecified atom stereocenters. The molecule has 4 rings (SSSR count). The Balaban J connectivity index is 1.55. The molecule has 0 radical (unpaired) electrons. The molecule has 0 bridgehead atoms. The molecule has 5 nitrogen and oxygen atoms in total. The number of amides is 2. The quantitative estimate of drug-likeness (QED) is 0.334. The monoisotopic (exact) mass is 526 g/mol. The van der Waals surface area contributed by atoms with E-state index in [-0.39, 0.29) is 31.0 Å². The average molecular weight is 527 g/mol. The predicted octanol–water partition coefficient (Wildman–Crippen LogP) is 6.78. The van der Waals surface area contributed by atoms with Crippen LogP contribution >= 0.6 is 23.2 Å². The van der Waals surface area contributed by atoms with Crippen molar-refractivity contribution in [2.24, 2.45) is 0 Å². The molecule has 1 atom stereocenters. The van der Waals surface area contributed by atoms with E-state index < -0.39 is 6.04 Å². The highest BCUT2D eigenvalue weighted by Gasteiger charge is 2.31. The molecule has 1 aliphatic carbocycles. The molecule has 1 fully saturated rings. The van der Waals surface area contributed by atoms with Crippen molar-refractivity contribution in [3.8, 4) is 5.75 Å². The number of benzene rings is 3. The zero-order valence-corrected chi connectivity index (χ0v) is 22.0. The molecule has 2 amide bonds. The number of rotatable bonds is 9. The minimum absolute atomic E-state index is 0.131. The third-order valence-corrected chi connectivity index (χ3v) is 7.38. The van der Waals surface area contributed by atoms with Crippen molar-refractivity contribution >= 4 is 45.8 Å². The molecule has 7 heteroatoms. The van der Waals surface area contributed by atoms with Crippen LogP contribution in [0.1, 0.15) is 51.0 Å². The number of nitrogens with one attached hydrogen (secondary N) is 1. The first-order valence-corrected chi connectivity index (χ1v) is 13.4. The molecule has 3 aromatic carbocycles. The SMILES string of the molecule is CC[C@H](C(=O)NC1CCCCC1)N(Cc1ccc(Cl)cc1Cl)C(=O)COc1cccc2ccccc12. The van der Waals surface area contributed by atoms with Crippen molar-refractivity contribution in [3.05, 3.63) is 76.3 Å². The fourth-order valence-electron chi connectivity index (χ4n) is 4.84. The van der Waals surface area contributed by atoms with Gasteiger partial charge in [0.1, 0.15) is 11.8 Å². The molecule has 0 saturated heterocycles. The Kier molecular flexibility index (Phi) is 9.11. The molecular formula is C29H32Cl2N2O3. The maximum absolute atomic E-state index is 13.6. The van der Waals surface area contributed by atoms with Gasteiger partial charge in [-0.15, -0.1) is 0 Å². The van der Waals surface area contributed by atoms with E-state index in [0.29, 0.717) is 22.2 Å². The third kappa shape index (κ3) is 6.51. The van der Waals surface area contributed by atoms with Crippen LogP contribution in [0.15, 0.2) is 60.7 Å². The number of carbonyl (C=O) groups is 2. The Morgan fingerprint density at radius 1 is 1.03 bits per heavy atom. The number of carbonyl (C=O) groups excluding carboxylic acids is 2. The molecule has 0 aromatic heterocycles. The maximum atomic E-state index is 13.6. The highest BCUT2D eigenvalue weighted by atomic mass is 35.5. The van der Waals surface area contributed by atoms with Gasteiger partial charge in [-0.3, -0.25) is 9.59 Å². The van der Waals surface area contributed by atoms with Crippen molar-refractivity contribution in [1.29, 1.82) is 0 Å². The van der Waals surface area contributed by atoms with Crippen LogP contribution in [0, 0.1) is 0 Å². The summed E-state index contributed by atoms with van der Waals surface area (Å²) in [7, 11) is 0. The van der Waals surface area contributed by atoms with E-state index in [1.54, 1.807) is 23.1 Å². The highest BCUT2D eigenvalue weighted by molar-refractivity contribution is 6.35. The molecule has 190 valence electrons. The van der Waals surface area contributed by atoms with Gasteiger partial charge in [0.25, 0.3) is 5.91 Å². The third-order valence-electron chi connectivity index (χ3n) is 6.79. The van der Waals surface area contributed by atoms with Gasteiger partial charge in [0.05, 0.1) is 0 Å². The summed E-state index contributed by atoms with van der Waals surface area (Å²) in [6, 6.07) is 18.3. The van der Waals surface area contributed by atoms with Gasteiger partial charge in [-0.1, -0.05) is 91.9 Å². The van der Waals surface area contributed by atoms with Gasteiger partial charge in [0, 0.05) is 28.0 Å². The minimum Gasteiger partial charge on any atom is -0.483 e. The van der Waals surface area contributed by atoms with Crippen LogP contribution < -0.4 is 10.1 Å². The fraction of sp³-hybridized carbons (Fsp3) is 0.379. The predicted molar refractivity (Wildman–Crippen MR) is 146 cm³/mol. The molecule has 0 heterocycles.